The van der Waals surface area contributed by atoms with Crippen LogP contribution in [0, 0.1) is 0 Å². The van der Waals surface area contributed by atoms with Crippen LogP contribution in [0.4, 0.5) is 5.13 Å². The lowest BCUT2D eigenvalue weighted by atomic mass is 10.1. The highest BCUT2D eigenvalue weighted by atomic mass is 35.5. The van der Waals surface area contributed by atoms with Gasteiger partial charge in [0.1, 0.15) is 5.75 Å². The Balaban J connectivity index is 1.69. The summed E-state index contributed by atoms with van der Waals surface area (Å²) in [5.41, 5.74) is 0.640. The van der Waals surface area contributed by atoms with Crippen molar-refractivity contribution in [2.45, 2.75) is 19.4 Å². The minimum Gasteiger partial charge on any atom is -0.478 e. The number of rotatable bonds is 5. The van der Waals surface area contributed by atoms with E-state index in [1.165, 1.54) is 11.3 Å². The lowest BCUT2D eigenvalue weighted by Crippen LogP contribution is -2.42. The molecule has 1 amide bonds. The Bertz CT molecular complexity index is 906. The summed E-state index contributed by atoms with van der Waals surface area (Å²) < 4.78 is 5.79. The molecule has 1 N–H and O–H groups in total. The summed E-state index contributed by atoms with van der Waals surface area (Å²) in [5.74, 6) is 0.278. The highest BCUT2D eigenvalue weighted by Gasteiger charge is 2.30. The van der Waals surface area contributed by atoms with E-state index in [1.807, 2.05) is 17.5 Å². The van der Waals surface area contributed by atoms with Crippen LogP contribution in [-0.4, -0.2) is 16.5 Å². The maximum Gasteiger partial charge on any atom is 0.269 e. The number of ether oxygens (including phenoxy) is 1. The maximum atomic E-state index is 12.6. The number of anilines is 1. The molecule has 2 aromatic carbocycles. The Labute approximate surface area is 165 Å². The summed E-state index contributed by atoms with van der Waals surface area (Å²) in [6.45, 7) is 3.40. The van der Waals surface area contributed by atoms with E-state index in [0.29, 0.717) is 20.9 Å². The molecule has 3 rings (SSSR count). The van der Waals surface area contributed by atoms with Gasteiger partial charge in [-0.25, -0.2) is 4.98 Å². The molecular weight excluding hydrogens is 391 g/mol. The summed E-state index contributed by atoms with van der Waals surface area (Å²) in [4.78, 5) is 17.0. The van der Waals surface area contributed by atoms with Crippen molar-refractivity contribution in [3.05, 3.63) is 64.0 Å². The van der Waals surface area contributed by atoms with Gasteiger partial charge >= 0.3 is 0 Å². The van der Waals surface area contributed by atoms with E-state index >= 15 is 0 Å². The Morgan fingerprint density at radius 3 is 2.23 bits per heavy atom. The highest BCUT2D eigenvalue weighted by molar-refractivity contribution is 7.14. The van der Waals surface area contributed by atoms with Crippen LogP contribution < -0.4 is 10.1 Å². The summed E-state index contributed by atoms with van der Waals surface area (Å²) in [7, 11) is 0. The first-order valence-electron chi connectivity index (χ1n) is 7.81. The van der Waals surface area contributed by atoms with Gasteiger partial charge in [0.2, 0.25) is 0 Å². The molecule has 0 saturated carbocycles. The fourth-order valence-electron chi connectivity index (χ4n) is 2.18. The average molecular weight is 407 g/mol. The van der Waals surface area contributed by atoms with Crippen LogP contribution in [0.5, 0.6) is 5.75 Å². The first-order valence-corrected chi connectivity index (χ1v) is 9.44. The highest BCUT2D eigenvalue weighted by Crippen LogP contribution is 2.27. The van der Waals surface area contributed by atoms with Crippen LogP contribution in [0.25, 0.3) is 11.3 Å². The monoisotopic (exact) mass is 406 g/mol. The van der Waals surface area contributed by atoms with E-state index in [0.717, 1.165) is 11.3 Å². The van der Waals surface area contributed by atoms with Crippen LogP contribution in [0.2, 0.25) is 10.0 Å². The number of carbonyl (C=O) groups excluding carboxylic acids is 1. The first kappa shape index (κ1) is 18.7. The van der Waals surface area contributed by atoms with Gasteiger partial charge in [0.15, 0.2) is 10.7 Å². The largest absolute Gasteiger partial charge is 0.478 e. The van der Waals surface area contributed by atoms with Gasteiger partial charge in [0.05, 0.1) is 5.69 Å². The summed E-state index contributed by atoms with van der Waals surface area (Å²) >= 11 is 13.1. The van der Waals surface area contributed by atoms with Crippen molar-refractivity contribution in [1.82, 2.24) is 4.98 Å². The van der Waals surface area contributed by atoms with Gasteiger partial charge in [-0.3, -0.25) is 10.1 Å². The zero-order valence-corrected chi connectivity index (χ0v) is 16.5. The van der Waals surface area contributed by atoms with Crippen LogP contribution in [0.15, 0.2) is 53.9 Å². The molecule has 1 aromatic heterocycles. The molecule has 0 aliphatic carbocycles. The van der Waals surface area contributed by atoms with Gasteiger partial charge in [-0.05, 0) is 50.2 Å². The summed E-state index contributed by atoms with van der Waals surface area (Å²) in [5, 5.41) is 6.47. The average Bonchev–Trinajstić information content (AvgIpc) is 3.06. The molecule has 0 radical (unpaired) electrons. The molecule has 0 bridgehead atoms. The van der Waals surface area contributed by atoms with Crippen molar-refractivity contribution < 1.29 is 9.53 Å². The van der Waals surface area contributed by atoms with Crippen molar-refractivity contribution in [1.29, 1.82) is 0 Å². The van der Waals surface area contributed by atoms with Crippen LogP contribution in [0.1, 0.15) is 13.8 Å². The zero-order valence-electron chi connectivity index (χ0n) is 14.1. The lowest BCUT2D eigenvalue weighted by Gasteiger charge is -2.24. The van der Waals surface area contributed by atoms with Crippen molar-refractivity contribution in [3.8, 4) is 17.0 Å². The van der Waals surface area contributed by atoms with E-state index in [-0.39, 0.29) is 5.91 Å². The van der Waals surface area contributed by atoms with Gasteiger partial charge in [-0.2, -0.15) is 0 Å². The SMILES string of the molecule is CC(C)(Oc1ccc(Cl)cc1)C(=O)Nc1nc(-c2ccc(Cl)cc2)cs1. The minimum absolute atomic E-state index is 0.288. The van der Waals surface area contributed by atoms with Crippen LogP contribution in [0.3, 0.4) is 0 Å². The lowest BCUT2D eigenvalue weighted by molar-refractivity contribution is -0.128. The summed E-state index contributed by atoms with van der Waals surface area (Å²) in [6.07, 6.45) is 0. The molecule has 3 aromatic rings. The van der Waals surface area contributed by atoms with Crippen LogP contribution >= 0.6 is 34.5 Å². The molecule has 4 nitrogen and oxygen atoms in total. The van der Waals surface area contributed by atoms with E-state index < -0.39 is 5.60 Å². The number of amides is 1. The molecule has 7 heteroatoms. The van der Waals surface area contributed by atoms with Crippen LogP contribution in [-0.2, 0) is 4.79 Å². The molecule has 0 aliphatic rings. The van der Waals surface area contributed by atoms with Gasteiger partial charge in [-0.1, -0.05) is 35.3 Å². The Morgan fingerprint density at radius 1 is 1.04 bits per heavy atom. The molecule has 0 unspecified atom stereocenters. The van der Waals surface area contributed by atoms with Crippen molar-refractivity contribution >= 4 is 45.6 Å². The molecule has 134 valence electrons. The zero-order chi connectivity index (χ0) is 18.7. The van der Waals surface area contributed by atoms with Crippen molar-refractivity contribution in [2.75, 3.05) is 5.32 Å². The maximum absolute atomic E-state index is 12.6. The number of carbonyl (C=O) groups is 1. The van der Waals surface area contributed by atoms with Gasteiger partial charge in [0.25, 0.3) is 5.91 Å². The first-order chi connectivity index (χ1) is 12.3. The molecule has 0 atom stereocenters. The van der Waals surface area contributed by atoms with Crippen molar-refractivity contribution in [3.63, 3.8) is 0 Å². The normalized spacial score (nSPS) is 11.2. The predicted octanol–water partition coefficient (Wildman–Crippen LogP) is 5.91. The number of hydrogen-bond donors (Lipinski definition) is 1. The van der Waals surface area contributed by atoms with Gasteiger partial charge < -0.3 is 4.74 Å². The number of halogens is 2. The Hall–Kier alpha value is -2.08. The quantitative estimate of drug-likeness (QED) is 0.572. The number of nitrogens with one attached hydrogen (secondary N) is 1. The topological polar surface area (TPSA) is 51.2 Å². The molecule has 1 heterocycles. The fourth-order valence-corrected chi connectivity index (χ4v) is 3.14. The number of thiazole rings is 1. The van der Waals surface area contributed by atoms with E-state index in [2.05, 4.69) is 10.3 Å². The standard InChI is InChI=1S/C19H16Cl2N2O2S/c1-19(2,25-15-9-7-14(21)8-10-15)17(24)23-18-22-16(11-26-18)12-3-5-13(20)6-4-12/h3-11H,1-2H3,(H,22,23,24). The minimum atomic E-state index is -1.07. The second-order valence-electron chi connectivity index (χ2n) is 6.07. The number of aromatic nitrogens is 1. The Kier molecular flexibility index (Phi) is 5.51. The van der Waals surface area contributed by atoms with E-state index in [9.17, 15) is 4.79 Å². The molecule has 0 spiro atoms. The smallest absolute Gasteiger partial charge is 0.269 e. The second kappa shape index (κ2) is 7.66. The third-order valence-corrected chi connectivity index (χ3v) is 4.86. The van der Waals surface area contributed by atoms with E-state index in [1.54, 1.807) is 50.2 Å². The Morgan fingerprint density at radius 2 is 1.62 bits per heavy atom. The van der Waals surface area contributed by atoms with E-state index in [4.69, 9.17) is 27.9 Å². The molecule has 26 heavy (non-hydrogen) atoms. The predicted molar refractivity (Wildman–Crippen MR) is 107 cm³/mol. The summed E-state index contributed by atoms with van der Waals surface area (Å²) in [6, 6.07) is 14.2. The van der Waals surface area contributed by atoms with Crippen molar-refractivity contribution in [2.24, 2.45) is 0 Å². The second-order valence-corrected chi connectivity index (χ2v) is 7.80. The molecular formula is C19H16Cl2N2O2S. The van der Waals surface area contributed by atoms with Gasteiger partial charge in [0, 0.05) is 21.0 Å². The third-order valence-electron chi connectivity index (χ3n) is 3.60. The third kappa shape index (κ3) is 4.55. The number of hydrogen-bond acceptors (Lipinski definition) is 4. The number of benzene rings is 2. The molecule has 0 aliphatic heterocycles. The molecule has 0 saturated heterocycles. The molecule has 0 fully saturated rings. The van der Waals surface area contributed by atoms with Gasteiger partial charge in [-0.15, -0.1) is 11.3 Å². The fraction of sp³-hybridized carbons (Fsp3) is 0.158. The number of nitrogens with zero attached hydrogens (tertiary/aromatic N) is 1.